The summed E-state index contributed by atoms with van der Waals surface area (Å²) in [4.78, 5) is 29.1. The second-order valence-electron chi connectivity index (χ2n) is 6.62. The van der Waals surface area contributed by atoms with Crippen molar-refractivity contribution in [3.05, 3.63) is 50.5 Å². The molecule has 1 aliphatic heterocycles. The number of aromatic nitrogens is 1. The van der Waals surface area contributed by atoms with E-state index in [1.807, 2.05) is 0 Å². The molecule has 11 heteroatoms. The van der Waals surface area contributed by atoms with Gasteiger partial charge in [0.05, 0.1) is 22.1 Å². The molecule has 1 aromatic heterocycles. The molecule has 0 aliphatic carbocycles. The summed E-state index contributed by atoms with van der Waals surface area (Å²) in [7, 11) is -2.96. The number of amides is 1. The lowest BCUT2D eigenvalue weighted by molar-refractivity contribution is -0.384. The molecular formula is C18H20N4O5S2. The number of carbonyl (C=O) groups excluding carboxylic acids is 1. The van der Waals surface area contributed by atoms with Crippen LogP contribution in [-0.4, -0.2) is 53.7 Å². The summed E-state index contributed by atoms with van der Waals surface area (Å²) < 4.78 is 23.3. The number of nitro groups is 1. The van der Waals surface area contributed by atoms with E-state index in [2.05, 4.69) is 15.2 Å². The van der Waals surface area contributed by atoms with Crippen LogP contribution in [0.25, 0.3) is 12.2 Å². The number of benzene rings is 1. The molecule has 1 aliphatic rings. The average Bonchev–Trinajstić information content (AvgIpc) is 3.02. The van der Waals surface area contributed by atoms with E-state index in [0.29, 0.717) is 30.5 Å². The van der Waals surface area contributed by atoms with Gasteiger partial charge < -0.3 is 5.32 Å². The minimum absolute atomic E-state index is 0.0180. The molecule has 154 valence electrons. The van der Waals surface area contributed by atoms with E-state index in [-0.39, 0.29) is 23.1 Å². The zero-order valence-corrected chi connectivity index (χ0v) is 17.3. The number of thiazole rings is 1. The van der Waals surface area contributed by atoms with E-state index in [1.165, 1.54) is 30.4 Å². The maximum atomic E-state index is 11.6. The third kappa shape index (κ3) is 5.92. The Bertz CT molecular complexity index is 1030. The molecular weight excluding hydrogens is 416 g/mol. The van der Waals surface area contributed by atoms with Crippen molar-refractivity contribution in [3.8, 4) is 0 Å². The first-order valence-electron chi connectivity index (χ1n) is 8.84. The predicted octanol–water partition coefficient (Wildman–Crippen LogP) is 2.41. The quantitative estimate of drug-likeness (QED) is 0.545. The number of non-ortho nitro benzene ring substituents is 1. The first kappa shape index (κ1) is 21.1. The van der Waals surface area contributed by atoms with Crippen molar-refractivity contribution in [2.24, 2.45) is 0 Å². The Morgan fingerprint density at radius 3 is 2.52 bits per heavy atom. The number of rotatable bonds is 6. The molecule has 0 bridgehead atoms. The second-order valence-corrected chi connectivity index (χ2v) is 10.0. The van der Waals surface area contributed by atoms with Crippen LogP contribution in [0.15, 0.2) is 24.3 Å². The molecule has 1 aromatic carbocycles. The highest BCUT2D eigenvalue weighted by Crippen LogP contribution is 2.27. The third-order valence-electron chi connectivity index (χ3n) is 4.35. The monoisotopic (exact) mass is 436 g/mol. The Balaban J connectivity index is 1.79. The van der Waals surface area contributed by atoms with Gasteiger partial charge >= 0.3 is 0 Å². The smallest absolute Gasteiger partial charge is 0.269 e. The minimum Gasteiger partial charge on any atom is -0.302 e. The van der Waals surface area contributed by atoms with Gasteiger partial charge in [0.25, 0.3) is 5.69 Å². The Kier molecular flexibility index (Phi) is 6.40. The number of nitrogens with zero attached hydrogens (tertiary/aromatic N) is 3. The summed E-state index contributed by atoms with van der Waals surface area (Å²) >= 11 is 1.35. The van der Waals surface area contributed by atoms with E-state index in [9.17, 15) is 23.3 Å². The number of hydrogen-bond acceptors (Lipinski definition) is 8. The fraction of sp³-hybridized carbons (Fsp3) is 0.333. The highest BCUT2D eigenvalue weighted by Gasteiger charge is 2.23. The van der Waals surface area contributed by atoms with Crippen LogP contribution in [0.2, 0.25) is 0 Å². The lowest BCUT2D eigenvalue weighted by Crippen LogP contribution is -2.39. The molecule has 1 N–H and O–H groups in total. The Hall–Kier alpha value is -2.63. The van der Waals surface area contributed by atoms with Crippen molar-refractivity contribution in [2.75, 3.05) is 29.9 Å². The van der Waals surface area contributed by atoms with Gasteiger partial charge in [-0.05, 0) is 23.8 Å². The van der Waals surface area contributed by atoms with Crippen LogP contribution in [0.4, 0.5) is 10.8 Å². The molecule has 2 heterocycles. The SMILES string of the molecule is CC(=O)Nc1nc(/C=C\c2ccc([N+](=O)[O-])cc2)c(CN2CCS(=O)(=O)CC2)s1. The number of nitro benzene ring substituents is 1. The lowest BCUT2D eigenvalue weighted by Gasteiger charge is -2.25. The first-order chi connectivity index (χ1) is 13.7. The van der Waals surface area contributed by atoms with Crippen LogP contribution in [0.3, 0.4) is 0 Å². The Morgan fingerprint density at radius 2 is 1.93 bits per heavy atom. The van der Waals surface area contributed by atoms with Gasteiger partial charge in [0, 0.05) is 43.6 Å². The maximum Gasteiger partial charge on any atom is 0.269 e. The predicted molar refractivity (Wildman–Crippen MR) is 112 cm³/mol. The van der Waals surface area contributed by atoms with Gasteiger partial charge in [0.15, 0.2) is 15.0 Å². The fourth-order valence-corrected chi connectivity index (χ4v) is 5.12. The first-order valence-corrected chi connectivity index (χ1v) is 11.5. The zero-order valence-electron chi connectivity index (χ0n) is 15.7. The summed E-state index contributed by atoms with van der Waals surface area (Å²) in [5.74, 6) is 0.0525. The molecule has 1 amide bonds. The van der Waals surface area contributed by atoms with Gasteiger partial charge in [0.1, 0.15) is 0 Å². The number of sulfone groups is 1. The van der Waals surface area contributed by atoms with Gasteiger partial charge in [-0.1, -0.05) is 17.4 Å². The highest BCUT2D eigenvalue weighted by atomic mass is 32.2. The second kappa shape index (κ2) is 8.80. The van der Waals surface area contributed by atoms with Crippen LogP contribution in [0.5, 0.6) is 0 Å². The van der Waals surface area contributed by atoms with Gasteiger partial charge in [-0.2, -0.15) is 0 Å². The molecule has 1 saturated heterocycles. The molecule has 9 nitrogen and oxygen atoms in total. The van der Waals surface area contributed by atoms with Crippen LogP contribution in [-0.2, 0) is 21.2 Å². The molecule has 1 fully saturated rings. The molecule has 29 heavy (non-hydrogen) atoms. The van der Waals surface area contributed by atoms with Crippen molar-refractivity contribution < 1.29 is 18.1 Å². The van der Waals surface area contributed by atoms with E-state index in [1.54, 1.807) is 24.3 Å². The molecule has 2 aromatic rings. The summed E-state index contributed by atoms with van der Waals surface area (Å²) in [5.41, 5.74) is 1.47. The van der Waals surface area contributed by atoms with E-state index in [4.69, 9.17) is 0 Å². The normalized spacial score (nSPS) is 16.7. The molecule has 0 radical (unpaired) electrons. The van der Waals surface area contributed by atoms with Crippen LogP contribution < -0.4 is 5.32 Å². The van der Waals surface area contributed by atoms with Crippen molar-refractivity contribution in [1.82, 2.24) is 9.88 Å². The van der Waals surface area contributed by atoms with Gasteiger partial charge in [0.2, 0.25) is 5.91 Å². The Labute approximate surface area is 172 Å². The van der Waals surface area contributed by atoms with Crippen LogP contribution in [0.1, 0.15) is 23.1 Å². The summed E-state index contributed by atoms with van der Waals surface area (Å²) in [6, 6.07) is 6.15. The van der Waals surface area contributed by atoms with Gasteiger partial charge in [-0.25, -0.2) is 13.4 Å². The number of carbonyl (C=O) groups is 1. The maximum absolute atomic E-state index is 11.6. The van der Waals surface area contributed by atoms with Crippen LogP contribution >= 0.6 is 11.3 Å². The zero-order chi connectivity index (χ0) is 21.0. The Morgan fingerprint density at radius 1 is 1.28 bits per heavy atom. The van der Waals surface area contributed by atoms with Crippen molar-refractivity contribution in [3.63, 3.8) is 0 Å². The van der Waals surface area contributed by atoms with Gasteiger partial charge in [-0.15, -0.1) is 0 Å². The fourth-order valence-electron chi connectivity index (χ4n) is 2.80. The minimum atomic E-state index is -2.96. The third-order valence-corrected chi connectivity index (χ3v) is 6.93. The highest BCUT2D eigenvalue weighted by molar-refractivity contribution is 7.91. The standard InChI is InChI=1S/C18H20N4O5S2/c1-13(23)19-18-20-16(7-4-14-2-5-15(6-3-14)22(24)25)17(28-18)12-21-8-10-29(26,27)11-9-21/h2-7H,8-12H2,1H3,(H,19,20,23)/b7-4-. The van der Waals surface area contributed by atoms with E-state index < -0.39 is 14.8 Å². The summed E-state index contributed by atoms with van der Waals surface area (Å²) in [6.07, 6.45) is 3.58. The number of hydrogen-bond donors (Lipinski definition) is 1. The van der Waals surface area contributed by atoms with E-state index >= 15 is 0 Å². The summed E-state index contributed by atoms with van der Waals surface area (Å²) in [5, 5.41) is 13.9. The molecule has 3 rings (SSSR count). The van der Waals surface area contributed by atoms with Crippen molar-refractivity contribution in [2.45, 2.75) is 13.5 Å². The molecule has 0 saturated carbocycles. The van der Waals surface area contributed by atoms with Crippen molar-refractivity contribution in [1.29, 1.82) is 0 Å². The lowest BCUT2D eigenvalue weighted by atomic mass is 10.2. The number of nitrogens with one attached hydrogen (secondary N) is 1. The molecule has 0 spiro atoms. The average molecular weight is 437 g/mol. The summed E-state index contributed by atoms with van der Waals surface area (Å²) in [6.45, 7) is 2.86. The van der Waals surface area contributed by atoms with Gasteiger partial charge in [-0.3, -0.25) is 19.8 Å². The topological polar surface area (TPSA) is 123 Å². The van der Waals surface area contributed by atoms with E-state index in [0.717, 1.165) is 10.4 Å². The largest absolute Gasteiger partial charge is 0.302 e. The number of anilines is 1. The molecule has 0 unspecified atom stereocenters. The molecule has 0 atom stereocenters. The van der Waals surface area contributed by atoms with Crippen molar-refractivity contribution >= 4 is 50.1 Å². The van der Waals surface area contributed by atoms with Crippen LogP contribution in [0, 0.1) is 10.1 Å².